The molecule has 0 spiro atoms. The van der Waals surface area contributed by atoms with E-state index >= 15 is 0 Å². The number of aliphatic hydroxyl groups is 3. The minimum Gasteiger partial charge on any atom is -0.387 e. The third-order valence-corrected chi connectivity index (χ3v) is 5.30. The summed E-state index contributed by atoms with van der Waals surface area (Å²) in [5, 5.41) is 39.5. The second-order valence-electron chi connectivity index (χ2n) is 7.25. The lowest BCUT2D eigenvalue weighted by atomic mass is 9.99. The third-order valence-electron chi connectivity index (χ3n) is 5.05. The van der Waals surface area contributed by atoms with E-state index in [0.29, 0.717) is 21.5 Å². The van der Waals surface area contributed by atoms with Crippen LogP contribution in [0.2, 0.25) is 5.02 Å². The number of carbonyl (C=O) groups excluding carboxylic acids is 1. The molecule has 11 heteroatoms. The Bertz CT molecular complexity index is 1130. The van der Waals surface area contributed by atoms with Crippen LogP contribution >= 0.6 is 11.6 Å². The largest absolute Gasteiger partial charge is 0.387 e. The normalized spacial score (nSPS) is 24.3. The minimum absolute atomic E-state index is 0.218. The van der Waals surface area contributed by atoms with Gasteiger partial charge in [-0.25, -0.2) is 14.6 Å². The van der Waals surface area contributed by atoms with Gasteiger partial charge < -0.3 is 25.4 Å². The number of rotatable bonds is 5. The Morgan fingerprint density at radius 2 is 1.97 bits per heavy atom. The summed E-state index contributed by atoms with van der Waals surface area (Å²) >= 11 is 5.88. The maximum absolute atomic E-state index is 12.0. The van der Waals surface area contributed by atoms with Gasteiger partial charge in [-0.05, 0) is 24.6 Å². The number of anilines is 1. The van der Waals surface area contributed by atoms with Crippen molar-refractivity contribution >= 4 is 34.4 Å². The van der Waals surface area contributed by atoms with Crippen LogP contribution in [0.3, 0.4) is 0 Å². The second-order valence-corrected chi connectivity index (χ2v) is 7.69. The number of hydrogen-bond acceptors (Lipinski definition) is 8. The van der Waals surface area contributed by atoms with Crippen molar-refractivity contribution in [1.82, 2.24) is 19.7 Å². The molecule has 3 aromatic rings. The maximum atomic E-state index is 12.0. The smallest absolute Gasteiger partial charge is 0.251 e. The van der Waals surface area contributed by atoms with Crippen LogP contribution in [-0.4, -0.2) is 59.3 Å². The van der Waals surface area contributed by atoms with Crippen LogP contribution in [0.15, 0.2) is 48.9 Å². The van der Waals surface area contributed by atoms with E-state index < -0.39 is 36.6 Å². The van der Waals surface area contributed by atoms with Gasteiger partial charge in [0.1, 0.15) is 36.6 Å². The molecule has 0 radical (unpaired) electrons. The fraction of sp³-hybridized carbons (Fsp3) is 0.300. The number of nitrogens with one attached hydrogen (secondary N) is 1. The molecule has 5 atom stereocenters. The molecule has 0 bridgehead atoms. The van der Waals surface area contributed by atoms with Crippen LogP contribution in [-0.2, 0) is 9.53 Å². The van der Waals surface area contributed by atoms with Crippen molar-refractivity contribution in [2.45, 2.75) is 37.6 Å². The molecule has 4 rings (SSSR count). The lowest BCUT2D eigenvalue weighted by Crippen LogP contribution is -2.35. The standard InChI is InChI=1S/C20H20ClN5O5/c1-9(2)19(30)25-17-12-7-24-26(18(12)23-8-22-17)20-15(29)14(28)16(31-20)13(27)10-3-5-11(21)6-4-10/h3-8,13-16,20,27-29H,1H2,2H3,(H,22,23,25,30)/t13-,14+,15-,16-,20-/m1/s1. The number of amides is 1. The predicted octanol–water partition coefficient (Wildman–Crippen LogP) is 1.35. The molecule has 0 aliphatic carbocycles. The summed E-state index contributed by atoms with van der Waals surface area (Å²) in [6.45, 7) is 5.15. The lowest BCUT2D eigenvalue weighted by molar-refractivity contribution is -0.112. The molecule has 1 aromatic carbocycles. The van der Waals surface area contributed by atoms with Crippen LogP contribution in [0.25, 0.3) is 11.0 Å². The predicted molar refractivity (Wildman–Crippen MR) is 111 cm³/mol. The number of hydrogen-bond donors (Lipinski definition) is 4. The van der Waals surface area contributed by atoms with Crippen molar-refractivity contribution in [3.8, 4) is 0 Å². The van der Waals surface area contributed by atoms with Crippen molar-refractivity contribution < 1.29 is 24.9 Å². The molecule has 4 N–H and O–H groups in total. The summed E-state index contributed by atoms with van der Waals surface area (Å²) in [5.74, 6) is -0.193. The highest BCUT2D eigenvalue weighted by molar-refractivity contribution is 6.30. The van der Waals surface area contributed by atoms with Crippen molar-refractivity contribution in [2.24, 2.45) is 0 Å². The summed E-state index contributed by atoms with van der Waals surface area (Å²) in [7, 11) is 0. The van der Waals surface area contributed by atoms with Crippen LogP contribution in [0.5, 0.6) is 0 Å². The zero-order valence-electron chi connectivity index (χ0n) is 16.4. The number of halogens is 1. The number of fused-ring (bicyclic) bond motifs is 1. The van der Waals surface area contributed by atoms with E-state index in [0.717, 1.165) is 0 Å². The number of carbonyl (C=O) groups is 1. The Balaban J connectivity index is 1.63. The molecular formula is C20H20ClN5O5. The Morgan fingerprint density at radius 1 is 1.26 bits per heavy atom. The van der Waals surface area contributed by atoms with Gasteiger partial charge in [-0.1, -0.05) is 30.3 Å². The van der Waals surface area contributed by atoms with Crippen molar-refractivity contribution in [1.29, 1.82) is 0 Å². The van der Waals surface area contributed by atoms with Gasteiger partial charge in [0, 0.05) is 10.6 Å². The minimum atomic E-state index is -1.39. The number of ether oxygens (including phenoxy) is 1. The zero-order chi connectivity index (χ0) is 22.3. The monoisotopic (exact) mass is 445 g/mol. The van der Waals surface area contributed by atoms with E-state index in [2.05, 4.69) is 27.0 Å². The van der Waals surface area contributed by atoms with Gasteiger partial charge in [0.15, 0.2) is 11.9 Å². The summed E-state index contributed by atoms with van der Waals surface area (Å²) in [6, 6.07) is 6.42. The molecule has 1 fully saturated rings. The average molecular weight is 446 g/mol. The SMILES string of the molecule is C=C(C)C(=O)Nc1ncnc2c1cnn2[C@@H]1O[C@H]([C@H](O)c2ccc(Cl)cc2)[C@@H](O)[C@H]1O. The summed E-state index contributed by atoms with van der Waals surface area (Å²) in [4.78, 5) is 20.2. The average Bonchev–Trinajstić information content (AvgIpc) is 3.30. The van der Waals surface area contributed by atoms with Crippen LogP contribution in [0, 0.1) is 0 Å². The lowest BCUT2D eigenvalue weighted by Gasteiger charge is -2.21. The van der Waals surface area contributed by atoms with Crippen LogP contribution in [0.1, 0.15) is 24.8 Å². The number of benzene rings is 1. The van der Waals surface area contributed by atoms with Crippen LogP contribution < -0.4 is 5.32 Å². The molecule has 31 heavy (non-hydrogen) atoms. The number of aliphatic hydroxyl groups excluding tert-OH is 3. The van der Waals surface area contributed by atoms with Gasteiger partial charge >= 0.3 is 0 Å². The Kier molecular flexibility index (Phi) is 5.73. The highest BCUT2D eigenvalue weighted by atomic mass is 35.5. The van der Waals surface area contributed by atoms with E-state index in [1.54, 1.807) is 31.2 Å². The highest BCUT2D eigenvalue weighted by Crippen LogP contribution is 2.37. The zero-order valence-corrected chi connectivity index (χ0v) is 17.1. The van der Waals surface area contributed by atoms with E-state index in [9.17, 15) is 20.1 Å². The van der Waals surface area contributed by atoms with Crippen molar-refractivity contribution in [3.63, 3.8) is 0 Å². The quantitative estimate of drug-likeness (QED) is 0.431. The van der Waals surface area contributed by atoms with Crippen LogP contribution in [0.4, 0.5) is 5.82 Å². The Morgan fingerprint density at radius 3 is 2.65 bits per heavy atom. The first-order valence-corrected chi connectivity index (χ1v) is 9.76. The highest BCUT2D eigenvalue weighted by Gasteiger charge is 2.48. The Labute approximate surface area is 181 Å². The molecule has 1 aliphatic heterocycles. The molecular weight excluding hydrogens is 426 g/mol. The number of nitrogens with zero attached hydrogens (tertiary/aromatic N) is 4. The van der Waals surface area contributed by atoms with E-state index in [1.807, 2.05) is 0 Å². The van der Waals surface area contributed by atoms with Gasteiger partial charge in [-0.2, -0.15) is 5.10 Å². The summed E-state index contributed by atoms with van der Waals surface area (Å²) in [6.07, 6.45) is -3.60. The topological polar surface area (TPSA) is 143 Å². The fourth-order valence-corrected chi connectivity index (χ4v) is 3.49. The second kappa shape index (κ2) is 8.33. The van der Waals surface area contributed by atoms with Gasteiger partial charge in [-0.3, -0.25) is 4.79 Å². The molecule has 1 saturated heterocycles. The fourth-order valence-electron chi connectivity index (χ4n) is 3.36. The first-order valence-electron chi connectivity index (χ1n) is 9.38. The number of aromatic nitrogens is 4. The van der Waals surface area contributed by atoms with Gasteiger partial charge in [-0.15, -0.1) is 0 Å². The molecule has 1 amide bonds. The molecule has 3 heterocycles. The summed E-state index contributed by atoms with van der Waals surface area (Å²) < 4.78 is 7.07. The van der Waals surface area contributed by atoms with Gasteiger partial charge in [0.2, 0.25) is 0 Å². The third kappa shape index (κ3) is 3.91. The molecule has 0 unspecified atom stereocenters. The van der Waals surface area contributed by atoms with E-state index in [-0.39, 0.29) is 11.5 Å². The van der Waals surface area contributed by atoms with E-state index in [4.69, 9.17) is 16.3 Å². The first-order chi connectivity index (χ1) is 14.8. The molecule has 0 saturated carbocycles. The molecule has 1 aliphatic rings. The molecule has 2 aromatic heterocycles. The molecule has 162 valence electrons. The Hall–Kier alpha value is -2.89. The van der Waals surface area contributed by atoms with Crippen molar-refractivity contribution in [2.75, 3.05) is 5.32 Å². The van der Waals surface area contributed by atoms with E-state index in [1.165, 1.54) is 17.2 Å². The van der Waals surface area contributed by atoms with Gasteiger partial charge in [0.25, 0.3) is 5.91 Å². The van der Waals surface area contributed by atoms with Crippen molar-refractivity contribution in [3.05, 3.63) is 59.5 Å². The summed E-state index contributed by atoms with van der Waals surface area (Å²) in [5.41, 5.74) is 1.04. The van der Waals surface area contributed by atoms with Gasteiger partial charge in [0.05, 0.1) is 11.6 Å². The first kappa shape index (κ1) is 21.3. The molecule has 10 nitrogen and oxygen atoms in total. The maximum Gasteiger partial charge on any atom is 0.251 e.